The van der Waals surface area contributed by atoms with E-state index in [9.17, 15) is 9.18 Å². The summed E-state index contributed by atoms with van der Waals surface area (Å²) < 4.78 is 13.0. The number of carbonyl (C=O) groups is 1. The fourth-order valence-electron chi connectivity index (χ4n) is 2.39. The summed E-state index contributed by atoms with van der Waals surface area (Å²) in [4.78, 5) is 12.1. The van der Waals surface area contributed by atoms with Crippen molar-refractivity contribution in [1.29, 1.82) is 0 Å². The van der Waals surface area contributed by atoms with Crippen LogP contribution in [-0.2, 0) is 11.2 Å². The molecule has 2 aromatic rings. The van der Waals surface area contributed by atoms with Gasteiger partial charge >= 0.3 is 0 Å². The largest absolute Gasteiger partial charge is 0.303 e. The molecule has 3 rings (SSSR count). The summed E-state index contributed by atoms with van der Waals surface area (Å²) in [5.74, 6) is -0.383. The van der Waals surface area contributed by atoms with Gasteiger partial charge in [-0.05, 0) is 43.5 Å². The number of aryl methyl sites for hydroxylation is 1. The third kappa shape index (κ3) is 4.54. The number of thioether (sulfide) groups is 1. The predicted octanol–water partition coefficient (Wildman–Crippen LogP) is 3.69. The standard InChI is InChI=1S/C19H18FN3OS/c1-12-3-7-15(8-4-12)13(2)22-23-19-21-18(24)17(25-19)11-14-5-9-16(20)10-6-14/h3-10,17H,11H2,1-2H3,(H,21,23,24)/b22-13-. The second-order valence-corrected chi connectivity index (χ2v) is 7.07. The zero-order valence-electron chi connectivity index (χ0n) is 14.0. The van der Waals surface area contributed by atoms with Crippen LogP contribution in [0.4, 0.5) is 4.39 Å². The minimum atomic E-state index is -0.282. The monoisotopic (exact) mass is 355 g/mol. The van der Waals surface area contributed by atoms with Crippen LogP contribution in [0.15, 0.2) is 58.7 Å². The van der Waals surface area contributed by atoms with Crippen LogP contribution in [0.2, 0.25) is 0 Å². The van der Waals surface area contributed by atoms with Crippen molar-refractivity contribution in [3.63, 3.8) is 0 Å². The molecule has 1 heterocycles. The zero-order chi connectivity index (χ0) is 17.8. The molecule has 1 fully saturated rings. The van der Waals surface area contributed by atoms with E-state index in [2.05, 4.69) is 15.5 Å². The van der Waals surface area contributed by atoms with Crippen molar-refractivity contribution in [2.75, 3.05) is 0 Å². The van der Waals surface area contributed by atoms with Gasteiger partial charge in [-0.25, -0.2) is 4.39 Å². The highest BCUT2D eigenvalue weighted by Gasteiger charge is 2.30. The summed E-state index contributed by atoms with van der Waals surface area (Å²) in [6.07, 6.45) is 0.524. The van der Waals surface area contributed by atoms with Gasteiger partial charge in [-0.2, -0.15) is 5.10 Å². The molecule has 6 heteroatoms. The first-order valence-corrected chi connectivity index (χ1v) is 8.80. The number of amidine groups is 1. The first kappa shape index (κ1) is 17.4. The molecule has 0 spiro atoms. The van der Waals surface area contributed by atoms with Crippen LogP contribution >= 0.6 is 11.8 Å². The molecule has 128 valence electrons. The molecule has 1 unspecified atom stereocenters. The van der Waals surface area contributed by atoms with Gasteiger partial charge in [-0.1, -0.05) is 53.7 Å². The Morgan fingerprint density at radius 1 is 1.16 bits per heavy atom. The minimum Gasteiger partial charge on any atom is -0.303 e. The normalized spacial score (nSPS) is 19.3. The third-order valence-corrected chi connectivity index (χ3v) is 4.94. The maximum absolute atomic E-state index is 13.0. The smallest absolute Gasteiger partial charge is 0.239 e. The number of nitrogens with one attached hydrogen (secondary N) is 1. The average Bonchev–Trinajstić information content (AvgIpc) is 2.95. The highest BCUT2D eigenvalue weighted by molar-refractivity contribution is 8.15. The van der Waals surface area contributed by atoms with E-state index in [1.165, 1.54) is 29.5 Å². The van der Waals surface area contributed by atoms with Gasteiger partial charge in [0.2, 0.25) is 5.91 Å². The number of amides is 1. The molecule has 1 aliphatic heterocycles. The molecular formula is C19H18FN3OS. The number of hydrogen-bond donors (Lipinski definition) is 1. The Labute approximate surface area is 150 Å². The quantitative estimate of drug-likeness (QED) is 0.672. The number of rotatable bonds is 4. The summed E-state index contributed by atoms with van der Waals surface area (Å²) in [5.41, 5.74) is 3.87. The van der Waals surface area contributed by atoms with Crippen molar-refractivity contribution in [3.05, 3.63) is 71.0 Å². The maximum atomic E-state index is 13.0. The van der Waals surface area contributed by atoms with Crippen LogP contribution in [-0.4, -0.2) is 22.0 Å². The van der Waals surface area contributed by atoms with Crippen LogP contribution in [0, 0.1) is 12.7 Å². The SMILES string of the molecule is C/C(=N/N=C1\NC(=O)C(Cc2ccc(F)cc2)S1)c1ccc(C)cc1. The maximum Gasteiger partial charge on any atom is 0.239 e. The lowest BCUT2D eigenvalue weighted by atomic mass is 10.1. The molecule has 0 aromatic heterocycles. The molecule has 1 N–H and O–H groups in total. The number of halogens is 1. The van der Waals surface area contributed by atoms with Crippen molar-refractivity contribution < 1.29 is 9.18 Å². The lowest BCUT2D eigenvalue weighted by Gasteiger charge is -2.04. The molecule has 25 heavy (non-hydrogen) atoms. The van der Waals surface area contributed by atoms with E-state index in [-0.39, 0.29) is 17.0 Å². The van der Waals surface area contributed by atoms with Crippen LogP contribution < -0.4 is 5.32 Å². The average molecular weight is 355 g/mol. The molecule has 0 saturated carbocycles. The van der Waals surface area contributed by atoms with E-state index in [0.717, 1.165) is 16.8 Å². The van der Waals surface area contributed by atoms with Gasteiger partial charge in [-0.15, -0.1) is 5.10 Å². The summed E-state index contributed by atoms with van der Waals surface area (Å²) >= 11 is 1.35. The number of carbonyl (C=O) groups excluding carboxylic acids is 1. The van der Waals surface area contributed by atoms with Gasteiger partial charge in [0.15, 0.2) is 5.17 Å². The number of hydrogen-bond acceptors (Lipinski definition) is 4. The van der Waals surface area contributed by atoms with Crippen molar-refractivity contribution in [2.45, 2.75) is 25.5 Å². The molecule has 0 bridgehead atoms. The highest BCUT2D eigenvalue weighted by atomic mass is 32.2. The van der Waals surface area contributed by atoms with Gasteiger partial charge in [-0.3, -0.25) is 4.79 Å². The molecule has 0 radical (unpaired) electrons. The zero-order valence-corrected chi connectivity index (χ0v) is 14.8. The Hall–Kier alpha value is -2.47. The molecular weight excluding hydrogens is 337 g/mol. The molecule has 0 aliphatic carbocycles. The third-order valence-electron chi connectivity index (χ3n) is 3.87. The Kier molecular flexibility index (Phi) is 5.28. The summed E-state index contributed by atoms with van der Waals surface area (Å²) in [7, 11) is 0. The minimum absolute atomic E-state index is 0.101. The van der Waals surface area contributed by atoms with Gasteiger partial charge < -0.3 is 5.32 Å². The highest BCUT2D eigenvalue weighted by Crippen LogP contribution is 2.23. The molecule has 4 nitrogen and oxygen atoms in total. The Morgan fingerprint density at radius 2 is 1.84 bits per heavy atom. The number of benzene rings is 2. The van der Waals surface area contributed by atoms with Gasteiger partial charge in [0, 0.05) is 0 Å². The lowest BCUT2D eigenvalue weighted by Crippen LogP contribution is -2.26. The fraction of sp³-hybridized carbons (Fsp3) is 0.211. The van der Waals surface area contributed by atoms with Crippen molar-refractivity contribution in [1.82, 2.24) is 5.32 Å². The molecule has 1 atom stereocenters. The van der Waals surface area contributed by atoms with Crippen LogP contribution in [0.5, 0.6) is 0 Å². The molecule has 1 amide bonds. The summed E-state index contributed by atoms with van der Waals surface area (Å²) in [6.45, 7) is 3.91. The van der Waals surface area contributed by atoms with Gasteiger partial charge in [0.05, 0.1) is 11.0 Å². The summed E-state index contributed by atoms with van der Waals surface area (Å²) in [5, 5.41) is 11.3. The van der Waals surface area contributed by atoms with E-state index in [0.29, 0.717) is 11.6 Å². The molecule has 2 aromatic carbocycles. The Bertz CT molecular complexity index is 829. The van der Waals surface area contributed by atoms with Gasteiger partial charge in [0.25, 0.3) is 0 Å². The lowest BCUT2D eigenvalue weighted by molar-refractivity contribution is -0.118. The predicted molar refractivity (Wildman–Crippen MR) is 100 cm³/mol. The second-order valence-electron chi connectivity index (χ2n) is 5.88. The van der Waals surface area contributed by atoms with Crippen LogP contribution in [0.3, 0.4) is 0 Å². The second kappa shape index (κ2) is 7.61. The van der Waals surface area contributed by atoms with Crippen LogP contribution in [0.25, 0.3) is 0 Å². The van der Waals surface area contributed by atoms with E-state index in [1.54, 1.807) is 12.1 Å². The number of nitrogens with zero attached hydrogens (tertiary/aromatic N) is 2. The van der Waals surface area contributed by atoms with Crippen molar-refractivity contribution >= 4 is 28.5 Å². The fourth-order valence-corrected chi connectivity index (χ4v) is 3.35. The van der Waals surface area contributed by atoms with Crippen molar-refractivity contribution in [2.24, 2.45) is 10.2 Å². The van der Waals surface area contributed by atoms with E-state index in [1.807, 2.05) is 38.1 Å². The Morgan fingerprint density at radius 3 is 2.52 bits per heavy atom. The van der Waals surface area contributed by atoms with Crippen molar-refractivity contribution in [3.8, 4) is 0 Å². The van der Waals surface area contributed by atoms with E-state index in [4.69, 9.17) is 0 Å². The van der Waals surface area contributed by atoms with E-state index >= 15 is 0 Å². The summed E-state index contributed by atoms with van der Waals surface area (Å²) in [6, 6.07) is 14.2. The molecule has 1 aliphatic rings. The first-order valence-electron chi connectivity index (χ1n) is 7.92. The Balaban J connectivity index is 1.66. The van der Waals surface area contributed by atoms with Gasteiger partial charge in [0.1, 0.15) is 5.82 Å². The topological polar surface area (TPSA) is 53.8 Å². The first-order chi connectivity index (χ1) is 12.0. The van der Waals surface area contributed by atoms with E-state index < -0.39 is 0 Å². The molecule has 1 saturated heterocycles. The van der Waals surface area contributed by atoms with Crippen LogP contribution in [0.1, 0.15) is 23.6 Å².